The molecule has 9 heteroatoms. The van der Waals surface area contributed by atoms with E-state index in [1.165, 1.54) is 4.90 Å². The van der Waals surface area contributed by atoms with Gasteiger partial charge >= 0.3 is 0 Å². The quantitative estimate of drug-likeness (QED) is 0.504. The molecule has 0 saturated carbocycles. The van der Waals surface area contributed by atoms with Crippen molar-refractivity contribution in [3.05, 3.63) is 60.2 Å². The van der Waals surface area contributed by atoms with Crippen molar-refractivity contribution in [1.29, 1.82) is 0 Å². The summed E-state index contributed by atoms with van der Waals surface area (Å²) in [6.45, 7) is 2.25. The average molecular weight is 510 g/mol. The van der Waals surface area contributed by atoms with Gasteiger partial charge in [-0.15, -0.1) is 11.8 Å². The number of methoxy groups -OCH3 is 1. The normalized spacial score (nSPS) is 30.2. The number of carbonyl (C=O) groups excluding carboxylic acids is 3. The van der Waals surface area contributed by atoms with Crippen LogP contribution >= 0.6 is 11.8 Å². The van der Waals surface area contributed by atoms with E-state index in [1.807, 2.05) is 30.3 Å². The fourth-order valence-electron chi connectivity index (χ4n) is 6.26. The number of thioether (sulfide) groups is 1. The number of benzene rings is 2. The Bertz CT molecular complexity index is 1140. The van der Waals surface area contributed by atoms with Gasteiger partial charge in [0.05, 0.1) is 30.3 Å². The van der Waals surface area contributed by atoms with Gasteiger partial charge in [0.2, 0.25) is 17.7 Å². The van der Waals surface area contributed by atoms with E-state index in [-0.39, 0.29) is 42.0 Å². The minimum atomic E-state index is -0.777. The number of β-amino-alcohol motifs (C(OH)–C–C–N with tert-alkyl or cyclic N) is 1. The number of fused-ring (bicyclic) bond motifs is 1. The maximum absolute atomic E-state index is 13.8. The summed E-state index contributed by atoms with van der Waals surface area (Å²) in [6, 6.07) is 15.9. The van der Waals surface area contributed by atoms with E-state index >= 15 is 0 Å². The van der Waals surface area contributed by atoms with Crippen LogP contribution < -0.4 is 15.4 Å². The molecular weight excluding hydrogens is 478 g/mol. The molecule has 0 aromatic heterocycles. The smallest absolute Gasteiger partial charge is 0.248 e. The number of nitrogens with zero attached hydrogens (tertiary/aromatic N) is 1. The standard InChI is InChI=1S/C27H31N3O5S/c1-16-14-20-21(24(32)28-15-17-6-4-3-5-7-17)22-26(34)30(12-13-31)23(27(16,22)36-20)25(33)29-18-8-10-19(35-2)11-9-18/h3-11,16,20-23,31H,12-15H2,1-2H3,(H,28,32)(H,29,33)/t16?,20-,21+,22+,23?,27?/m1/s1. The first-order chi connectivity index (χ1) is 17.4. The van der Waals surface area contributed by atoms with Crippen molar-refractivity contribution >= 4 is 35.2 Å². The first-order valence-corrected chi connectivity index (χ1v) is 13.1. The van der Waals surface area contributed by atoms with E-state index in [2.05, 4.69) is 17.6 Å². The zero-order valence-corrected chi connectivity index (χ0v) is 21.2. The van der Waals surface area contributed by atoms with Crippen molar-refractivity contribution in [1.82, 2.24) is 10.2 Å². The Kier molecular flexibility index (Phi) is 6.70. The van der Waals surface area contributed by atoms with Gasteiger partial charge in [-0.1, -0.05) is 37.3 Å². The second-order valence-electron chi connectivity index (χ2n) is 9.73. The first-order valence-electron chi connectivity index (χ1n) is 12.3. The lowest BCUT2D eigenvalue weighted by molar-refractivity contribution is -0.140. The third kappa shape index (κ3) is 3.94. The molecule has 3 unspecified atom stereocenters. The van der Waals surface area contributed by atoms with Gasteiger partial charge in [0.1, 0.15) is 11.8 Å². The van der Waals surface area contributed by atoms with Gasteiger partial charge in [0, 0.05) is 24.0 Å². The maximum Gasteiger partial charge on any atom is 0.248 e. The Morgan fingerprint density at radius 2 is 1.86 bits per heavy atom. The molecule has 3 aliphatic rings. The fourth-order valence-corrected chi connectivity index (χ4v) is 8.68. The van der Waals surface area contributed by atoms with Crippen LogP contribution in [0.4, 0.5) is 5.69 Å². The second kappa shape index (κ2) is 9.78. The lowest BCUT2D eigenvalue weighted by Gasteiger charge is -2.38. The molecular formula is C27H31N3O5S. The van der Waals surface area contributed by atoms with Crippen LogP contribution in [0.1, 0.15) is 18.9 Å². The molecule has 6 atom stereocenters. The summed E-state index contributed by atoms with van der Waals surface area (Å²) in [6.07, 6.45) is 0.761. The summed E-state index contributed by atoms with van der Waals surface area (Å²) in [4.78, 5) is 42.4. The highest BCUT2D eigenvalue weighted by atomic mass is 32.2. The van der Waals surface area contributed by atoms with Crippen LogP contribution in [-0.4, -0.2) is 64.0 Å². The third-order valence-electron chi connectivity index (χ3n) is 7.80. The summed E-state index contributed by atoms with van der Waals surface area (Å²) in [7, 11) is 1.57. The van der Waals surface area contributed by atoms with Gasteiger partial charge in [-0.05, 0) is 42.2 Å². The number of rotatable bonds is 8. The highest BCUT2D eigenvalue weighted by molar-refractivity contribution is 8.02. The van der Waals surface area contributed by atoms with Gasteiger partial charge in [-0.2, -0.15) is 0 Å². The van der Waals surface area contributed by atoms with Crippen LogP contribution in [0.5, 0.6) is 5.75 Å². The topological polar surface area (TPSA) is 108 Å². The zero-order chi connectivity index (χ0) is 25.4. The van der Waals surface area contributed by atoms with Crippen molar-refractivity contribution in [3.63, 3.8) is 0 Å². The monoisotopic (exact) mass is 509 g/mol. The molecule has 3 amide bonds. The highest BCUT2D eigenvalue weighted by Gasteiger charge is 2.75. The number of hydrogen-bond acceptors (Lipinski definition) is 6. The van der Waals surface area contributed by atoms with Crippen LogP contribution in [0.15, 0.2) is 54.6 Å². The van der Waals surface area contributed by atoms with Crippen LogP contribution in [0.25, 0.3) is 0 Å². The van der Waals surface area contributed by atoms with Crippen LogP contribution in [0.2, 0.25) is 0 Å². The van der Waals surface area contributed by atoms with Gasteiger partial charge in [-0.25, -0.2) is 0 Å². The van der Waals surface area contributed by atoms with Crippen molar-refractivity contribution in [3.8, 4) is 5.75 Å². The summed E-state index contributed by atoms with van der Waals surface area (Å²) in [5.41, 5.74) is 1.58. The number of likely N-dealkylation sites (tertiary alicyclic amines) is 1. The number of amides is 3. The Morgan fingerprint density at radius 3 is 2.53 bits per heavy atom. The summed E-state index contributed by atoms with van der Waals surface area (Å²) in [5.74, 6) is -1.05. The van der Waals surface area contributed by atoms with E-state index in [4.69, 9.17) is 4.74 Å². The number of aliphatic hydroxyl groups is 1. The molecule has 1 spiro atoms. The summed E-state index contributed by atoms with van der Waals surface area (Å²) < 4.78 is 4.47. The molecule has 2 bridgehead atoms. The van der Waals surface area contributed by atoms with Crippen molar-refractivity contribution in [2.45, 2.75) is 35.9 Å². The minimum Gasteiger partial charge on any atom is -0.497 e. The predicted octanol–water partition coefficient (Wildman–Crippen LogP) is 2.28. The fraction of sp³-hybridized carbons (Fsp3) is 0.444. The van der Waals surface area contributed by atoms with E-state index in [0.29, 0.717) is 18.0 Å². The van der Waals surface area contributed by atoms with Crippen LogP contribution in [0.3, 0.4) is 0 Å². The molecule has 8 nitrogen and oxygen atoms in total. The largest absolute Gasteiger partial charge is 0.497 e. The Morgan fingerprint density at radius 1 is 1.14 bits per heavy atom. The molecule has 5 rings (SSSR count). The summed E-state index contributed by atoms with van der Waals surface area (Å²) >= 11 is 1.62. The molecule has 36 heavy (non-hydrogen) atoms. The lowest BCUT2D eigenvalue weighted by atomic mass is 9.66. The highest BCUT2D eigenvalue weighted by Crippen LogP contribution is 2.68. The van der Waals surface area contributed by atoms with Gasteiger partial charge in [-0.3, -0.25) is 14.4 Å². The average Bonchev–Trinajstić information content (AvgIpc) is 3.48. The van der Waals surface area contributed by atoms with Gasteiger partial charge in [0.15, 0.2) is 0 Å². The minimum absolute atomic E-state index is 0.0303. The van der Waals surface area contributed by atoms with Crippen molar-refractivity contribution < 1.29 is 24.2 Å². The Balaban J connectivity index is 1.42. The number of aliphatic hydroxyl groups excluding tert-OH is 1. The van der Waals surface area contributed by atoms with Crippen LogP contribution in [-0.2, 0) is 20.9 Å². The molecule has 2 aromatic carbocycles. The van der Waals surface area contributed by atoms with E-state index in [1.54, 1.807) is 43.1 Å². The molecule has 3 aliphatic heterocycles. The number of carbonyl (C=O) groups is 3. The second-order valence-corrected chi connectivity index (χ2v) is 11.3. The molecule has 3 heterocycles. The number of nitrogens with one attached hydrogen (secondary N) is 2. The van der Waals surface area contributed by atoms with Crippen molar-refractivity contribution in [2.24, 2.45) is 17.8 Å². The molecule has 0 aliphatic carbocycles. The molecule has 3 fully saturated rings. The predicted molar refractivity (Wildman–Crippen MR) is 137 cm³/mol. The zero-order valence-electron chi connectivity index (χ0n) is 20.3. The number of ether oxygens (including phenoxy) is 1. The Hall–Kier alpha value is -3.04. The molecule has 2 aromatic rings. The maximum atomic E-state index is 13.8. The summed E-state index contributed by atoms with van der Waals surface area (Å²) in [5, 5.41) is 15.7. The molecule has 190 valence electrons. The van der Waals surface area contributed by atoms with E-state index in [0.717, 1.165) is 12.0 Å². The lowest BCUT2D eigenvalue weighted by Crippen LogP contribution is -2.55. The van der Waals surface area contributed by atoms with Gasteiger partial charge < -0.3 is 25.4 Å². The first kappa shape index (κ1) is 24.6. The number of hydrogen-bond donors (Lipinski definition) is 3. The van der Waals surface area contributed by atoms with E-state index < -0.39 is 22.6 Å². The Labute approximate surface area is 214 Å². The van der Waals surface area contributed by atoms with Crippen LogP contribution in [0, 0.1) is 17.8 Å². The molecule has 0 radical (unpaired) electrons. The molecule has 3 N–H and O–H groups in total. The third-order valence-corrected chi connectivity index (χ3v) is 9.88. The van der Waals surface area contributed by atoms with Crippen molar-refractivity contribution in [2.75, 3.05) is 25.6 Å². The molecule has 3 saturated heterocycles. The number of anilines is 1. The van der Waals surface area contributed by atoms with E-state index in [9.17, 15) is 19.5 Å². The SMILES string of the molecule is COc1ccc(NC(=O)C2N(CCO)C(=O)[C@@H]3[C@@H](C(=O)NCc4ccccc4)[C@H]4CC(C)C23S4)cc1. The van der Waals surface area contributed by atoms with Gasteiger partial charge in [0.25, 0.3) is 0 Å².